The first-order chi connectivity index (χ1) is 12.5. The molecule has 0 radical (unpaired) electrons. The molecule has 2 aromatic carbocycles. The van der Waals surface area contributed by atoms with E-state index in [1.165, 1.54) is 11.6 Å². The topological polar surface area (TPSA) is 55.8 Å². The molecule has 0 fully saturated rings. The molecule has 27 heavy (non-hydrogen) atoms. The maximum atomic E-state index is 11.2. The van der Waals surface area contributed by atoms with E-state index in [0.717, 1.165) is 11.3 Å². The SMILES string of the molecule is CC(C)(C)c1ccc(OCCOc2ccccc2C(=O)O)c(C(C)(C)C)c1. The standard InChI is InChI=1S/C23H30O4/c1-22(2,3)16-11-12-20(18(15-16)23(4,5)6)27-14-13-26-19-10-8-7-9-17(19)21(24)25/h7-12,15H,13-14H2,1-6H3,(H,24,25). The number of carbonyl (C=O) groups is 1. The molecular formula is C23H30O4. The van der Waals surface area contributed by atoms with Crippen molar-refractivity contribution in [3.63, 3.8) is 0 Å². The average Bonchev–Trinajstić information content (AvgIpc) is 2.57. The van der Waals surface area contributed by atoms with Crippen molar-refractivity contribution in [1.29, 1.82) is 0 Å². The highest BCUT2D eigenvalue weighted by molar-refractivity contribution is 5.90. The maximum absolute atomic E-state index is 11.2. The number of para-hydroxylation sites is 1. The lowest BCUT2D eigenvalue weighted by Gasteiger charge is -2.27. The molecule has 0 heterocycles. The monoisotopic (exact) mass is 370 g/mol. The van der Waals surface area contributed by atoms with Crippen LogP contribution in [0.25, 0.3) is 0 Å². The van der Waals surface area contributed by atoms with Gasteiger partial charge in [0.1, 0.15) is 30.3 Å². The van der Waals surface area contributed by atoms with Crippen LogP contribution in [0.5, 0.6) is 11.5 Å². The van der Waals surface area contributed by atoms with Gasteiger partial charge in [-0.3, -0.25) is 0 Å². The van der Waals surface area contributed by atoms with Crippen LogP contribution < -0.4 is 9.47 Å². The molecule has 1 N–H and O–H groups in total. The van der Waals surface area contributed by atoms with Crippen LogP contribution in [0.1, 0.15) is 63.0 Å². The Morgan fingerprint density at radius 3 is 2.00 bits per heavy atom. The summed E-state index contributed by atoms with van der Waals surface area (Å²) in [4.78, 5) is 11.2. The number of carboxylic acid groups (broad SMARTS) is 1. The Labute approximate surface area is 162 Å². The molecule has 0 atom stereocenters. The lowest BCUT2D eigenvalue weighted by Crippen LogP contribution is -2.19. The molecule has 0 aromatic heterocycles. The number of rotatable bonds is 6. The maximum Gasteiger partial charge on any atom is 0.339 e. The van der Waals surface area contributed by atoms with Crippen LogP contribution in [0.4, 0.5) is 0 Å². The molecule has 4 heteroatoms. The first kappa shape index (κ1) is 20.8. The van der Waals surface area contributed by atoms with E-state index in [1.807, 2.05) is 6.07 Å². The summed E-state index contributed by atoms with van der Waals surface area (Å²) in [7, 11) is 0. The molecule has 0 aliphatic heterocycles. The Balaban J connectivity index is 2.09. The Bertz CT molecular complexity index is 795. The third kappa shape index (κ3) is 5.49. The summed E-state index contributed by atoms with van der Waals surface area (Å²) in [5, 5.41) is 9.21. The number of benzene rings is 2. The molecule has 0 saturated carbocycles. The van der Waals surface area contributed by atoms with Crippen LogP contribution in [-0.2, 0) is 10.8 Å². The van der Waals surface area contributed by atoms with Gasteiger partial charge in [0.25, 0.3) is 0 Å². The second-order valence-corrected chi connectivity index (χ2v) is 8.71. The fourth-order valence-electron chi connectivity index (χ4n) is 2.78. The predicted octanol–water partition coefficient (Wildman–Crippen LogP) is 5.44. The molecule has 0 aliphatic rings. The van der Waals surface area contributed by atoms with Crippen molar-refractivity contribution in [3.8, 4) is 11.5 Å². The molecule has 0 amide bonds. The largest absolute Gasteiger partial charge is 0.490 e. The molecule has 2 aromatic rings. The van der Waals surface area contributed by atoms with Crippen LogP contribution in [-0.4, -0.2) is 24.3 Å². The smallest absolute Gasteiger partial charge is 0.339 e. The van der Waals surface area contributed by atoms with Gasteiger partial charge in [-0.05, 0) is 40.2 Å². The van der Waals surface area contributed by atoms with Crippen LogP contribution >= 0.6 is 0 Å². The quantitative estimate of drug-likeness (QED) is 0.688. The van der Waals surface area contributed by atoms with Crippen LogP contribution in [0.15, 0.2) is 42.5 Å². The van der Waals surface area contributed by atoms with E-state index in [-0.39, 0.29) is 23.0 Å². The summed E-state index contributed by atoms with van der Waals surface area (Å²) in [6, 6.07) is 13.0. The molecule has 0 saturated heterocycles. The van der Waals surface area contributed by atoms with E-state index in [9.17, 15) is 9.90 Å². The number of carboxylic acids is 1. The summed E-state index contributed by atoms with van der Waals surface area (Å²) in [5.74, 6) is 0.192. The Hall–Kier alpha value is -2.49. The third-order valence-corrected chi connectivity index (χ3v) is 4.37. The molecular weight excluding hydrogens is 340 g/mol. The van der Waals surface area contributed by atoms with Crippen molar-refractivity contribution in [1.82, 2.24) is 0 Å². The average molecular weight is 370 g/mol. The fraction of sp³-hybridized carbons (Fsp3) is 0.435. The lowest BCUT2D eigenvalue weighted by atomic mass is 9.80. The first-order valence-electron chi connectivity index (χ1n) is 9.23. The Kier molecular flexibility index (Phi) is 6.19. The number of ether oxygens (including phenoxy) is 2. The van der Waals surface area contributed by atoms with Gasteiger partial charge >= 0.3 is 5.97 Å². The second-order valence-electron chi connectivity index (χ2n) is 8.71. The van der Waals surface area contributed by atoms with Gasteiger partial charge in [0.05, 0.1) is 0 Å². The summed E-state index contributed by atoms with van der Waals surface area (Å²) >= 11 is 0. The highest BCUT2D eigenvalue weighted by Gasteiger charge is 2.23. The zero-order valence-electron chi connectivity index (χ0n) is 17.1. The number of hydrogen-bond acceptors (Lipinski definition) is 3. The highest BCUT2D eigenvalue weighted by Crippen LogP contribution is 2.35. The van der Waals surface area contributed by atoms with E-state index in [4.69, 9.17) is 9.47 Å². The van der Waals surface area contributed by atoms with E-state index in [2.05, 4.69) is 53.7 Å². The van der Waals surface area contributed by atoms with Gasteiger partial charge in [-0.2, -0.15) is 0 Å². The van der Waals surface area contributed by atoms with Gasteiger partial charge < -0.3 is 14.6 Å². The normalized spacial score (nSPS) is 11.9. The fourth-order valence-corrected chi connectivity index (χ4v) is 2.78. The van der Waals surface area contributed by atoms with Crippen molar-refractivity contribution in [2.24, 2.45) is 0 Å². The third-order valence-electron chi connectivity index (χ3n) is 4.37. The van der Waals surface area contributed by atoms with Crippen molar-refractivity contribution < 1.29 is 19.4 Å². The molecule has 0 aliphatic carbocycles. The number of aromatic carboxylic acids is 1. The summed E-state index contributed by atoms with van der Waals surface area (Å²) in [6.45, 7) is 13.7. The summed E-state index contributed by atoms with van der Waals surface area (Å²) in [6.07, 6.45) is 0. The first-order valence-corrected chi connectivity index (χ1v) is 9.23. The van der Waals surface area contributed by atoms with Gasteiger partial charge in [-0.25, -0.2) is 4.79 Å². The van der Waals surface area contributed by atoms with E-state index in [1.54, 1.807) is 18.2 Å². The Morgan fingerprint density at radius 2 is 1.44 bits per heavy atom. The zero-order chi connectivity index (χ0) is 20.2. The predicted molar refractivity (Wildman–Crippen MR) is 108 cm³/mol. The van der Waals surface area contributed by atoms with E-state index < -0.39 is 5.97 Å². The second kappa shape index (κ2) is 8.03. The van der Waals surface area contributed by atoms with Gasteiger partial charge in [0, 0.05) is 0 Å². The van der Waals surface area contributed by atoms with Crippen molar-refractivity contribution in [2.45, 2.75) is 52.4 Å². The van der Waals surface area contributed by atoms with Crippen LogP contribution in [0.3, 0.4) is 0 Å². The highest BCUT2D eigenvalue weighted by atomic mass is 16.5. The van der Waals surface area contributed by atoms with Crippen molar-refractivity contribution in [3.05, 3.63) is 59.2 Å². The van der Waals surface area contributed by atoms with Crippen LogP contribution in [0, 0.1) is 0 Å². The summed E-state index contributed by atoms with van der Waals surface area (Å²) < 4.78 is 11.6. The van der Waals surface area contributed by atoms with Gasteiger partial charge in [0.2, 0.25) is 0 Å². The summed E-state index contributed by atoms with van der Waals surface area (Å²) in [5.41, 5.74) is 2.60. The molecule has 0 spiro atoms. The molecule has 2 rings (SSSR count). The lowest BCUT2D eigenvalue weighted by molar-refractivity contribution is 0.0691. The van der Waals surface area contributed by atoms with E-state index >= 15 is 0 Å². The van der Waals surface area contributed by atoms with Crippen molar-refractivity contribution in [2.75, 3.05) is 13.2 Å². The molecule has 146 valence electrons. The minimum Gasteiger partial charge on any atom is -0.490 e. The Morgan fingerprint density at radius 1 is 0.852 bits per heavy atom. The number of hydrogen-bond donors (Lipinski definition) is 1. The zero-order valence-corrected chi connectivity index (χ0v) is 17.1. The van der Waals surface area contributed by atoms with Crippen LogP contribution in [0.2, 0.25) is 0 Å². The molecule has 4 nitrogen and oxygen atoms in total. The molecule has 0 bridgehead atoms. The molecule has 0 unspecified atom stereocenters. The minimum absolute atomic E-state index is 0.0483. The van der Waals surface area contributed by atoms with E-state index in [0.29, 0.717) is 12.4 Å². The van der Waals surface area contributed by atoms with Gasteiger partial charge in [-0.15, -0.1) is 0 Å². The minimum atomic E-state index is -1.00. The van der Waals surface area contributed by atoms with Crippen molar-refractivity contribution >= 4 is 5.97 Å². The van der Waals surface area contributed by atoms with Gasteiger partial charge in [0.15, 0.2) is 0 Å². The van der Waals surface area contributed by atoms with Gasteiger partial charge in [-0.1, -0.05) is 65.8 Å².